The van der Waals surface area contributed by atoms with Crippen molar-refractivity contribution in [2.75, 3.05) is 6.54 Å². The Balaban J connectivity index is 1.67. The fourth-order valence-electron chi connectivity index (χ4n) is 5.23. The zero-order valence-corrected chi connectivity index (χ0v) is 14.8. The molecule has 0 aromatic rings. The normalized spacial score (nSPS) is 31.0. The average Bonchev–Trinajstić information content (AvgIpc) is 2.64. The molecule has 23 heavy (non-hydrogen) atoms. The summed E-state index contributed by atoms with van der Waals surface area (Å²) >= 11 is 0. The highest BCUT2D eigenvalue weighted by molar-refractivity contribution is 5.79. The van der Waals surface area contributed by atoms with E-state index in [0.717, 1.165) is 32.2 Å². The Hall–Kier alpha value is -0.570. The van der Waals surface area contributed by atoms with Crippen LogP contribution in [0.1, 0.15) is 89.9 Å². The van der Waals surface area contributed by atoms with E-state index in [0.29, 0.717) is 29.8 Å². The van der Waals surface area contributed by atoms with Gasteiger partial charge in [0.2, 0.25) is 5.91 Å². The van der Waals surface area contributed by atoms with Gasteiger partial charge in [0.25, 0.3) is 0 Å². The van der Waals surface area contributed by atoms with Crippen molar-refractivity contribution in [1.82, 2.24) is 4.90 Å². The summed E-state index contributed by atoms with van der Waals surface area (Å²) in [5.74, 6) is 1.47. The third-order valence-corrected chi connectivity index (χ3v) is 6.72. The number of amides is 1. The molecule has 3 rings (SSSR count). The largest absolute Gasteiger partial charge is 0.336 e. The van der Waals surface area contributed by atoms with Gasteiger partial charge in [0.15, 0.2) is 0 Å². The molecule has 3 fully saturated rings. The van der Waals surface area contributed by atoms with Crippen molar-refractivity contribution in [3.8, 4) is 0 Å². The van der Waals surface area contributed by atoms with E-state index in [4.69, 9.17) is 5.73 Å². The van der Waals surface area contributed by atoms with Crippen molar-refractivity contribution in [3.63, 3.8) is 0 Å². The van der Waals surface area contributed by atoms with Gasteiger partial charge in [0.1, 0.15) is 0 Å². The predicted molar refractivity (Wildman–Crippen MR) is 95.1 cm³/mol. The minimum Gasteiger partial charge on any atom is -0.336 e. The van der Waals surface area contributed by atoms with Gasteiger partial charge in [-0.2, -0.15) is 0 Å². The second kappa shape index (κ2) is 8.50. The Morgan fingerprint density at radius 2 is 1.22 bits per heavy atom. The molecule has 0 saturated heterocycles. The van der Waals surface area contributed by atoms with Gasteiger partial charge in [-0.15, -0.1) is 0 Å². The minimum atomic E-state index is 0.293. The van der Waals surface area contributed by atoms with Crippen LogP contribution in [0.3, 0.4) is 0 Å². The Morgan fingerprint density at radius 3 is 1.65 bits per heavy atom. The van der Waals surface area contributed by atoms with Crippen LogP contribution in [0.4, 0.5) is 0 Å². The highest BCUT2D eigenvalue weighted by Gasteiger charge is 2.37. The second-order valence-corrected chi connectivity index (χ2v) is 8.28. The molecule has 2 N–H and O–H groups in total. The van der Waals surface area contributed by atoms with Crippen LogP contribution in [0.15, 0.2) is 0 Å². The lowest BCUT2D eigenvalue weighted by Crippen LogP contribution is -2.51. The van der Waals surface area contributed by atoms with E-state index in [-0.39, 0.29) is 0 Å². The highest BCUT2D eigenvalue weighted by atomic mass is 16.2. The standard InChI is InChI=1S/C20H36N2O/c21-15-16-11-13-17(14-12-16)20(23)22(18-7-3-1-4-8-18)19-9-5-2-6-10-19/h16-19H,1-15,21H2/t16-,17-. The number of rotatable bonds is 4. The Kier molecular flexibility index (Phi) is 6.38. The molecule has 0 spiro atoms. The average molecular weight is 321 g/mol. The summed E-state index contributed by atoms with van der Waals surface area (Å²) in [4.78, 5) is 15.8. The van der Waals surface area contributed by atoms with Gasteiger partial charge in [-0.05, 0) is 63.8 Å². The first-order chi connectivity index (χ1) is 11.3. The fraction of sp³-hybridized carbons (Fsp3) is 0.950. The van der Waals surface area contributed by atoms with E-state index < -0.39 is 0 Å². The number of carbonyl (C=O) groups excluding carboxylic acids is 1. The van der Waals surface area contributed by atoms with E-state index in [2.05, 4.69) is 4.90 Å². The van der Waals surface area contributed by atoms with Crippen molar-refractivity contribution < 1.29 is 4.79 Å². The van der Waals surface area contributed by atoms with E-state index in [1.54, 1.807) is 0 Å². The van der Waals surface area contributed by atoms with E-state index in [1.807, 2.05) is 0 Å². The molecule has 132 valence electrons. The van der Waals surface area contributed by atoms with Crippen LogP contribution in [0.2, 0.25) is 0 Å². The molecule has 3 nitrogen and oxygen atoms in total. The van der Waals surface area contributed by atoms with Crippen molar-refractivity contribution in [2.45, 2.75) is 102 Å². The first kappa shape index (κ1) is 17.3. The maximum Gasteiger partial charge on any atom is 0.226 e. The summed E-state index contributed by atoms with van der Waals surface area (Å²) in [5, 5.41) is 0. The van der Waals surface area contributed by atoms with Crippen LogP contribution in [-0.2, 0) is 4.79 Å². The first-order valence-electron chi connectivity index (χ1n) is 10.3. The lowest BCUT2D eigenvalue weighted by Gasteiger charge is -2.44. The molecular weight excluding hydrogens is 284 g/mol. The van der Waals surface area contributed by atoms with Gasteiger partial charge in [0, 0.05) is 18.0 Å². The Morgan fingerprint density at radius 1 is 0.739 bits per heavy atom. The molecule has 0 atom stereocenters. The van der Waals surface area contributed by atoms with E-state index in [1.165, 1.54) is 64.2 Å². The summed E-state index contributed by atoms with van der Waals surface area (Å²) in [6.45, 7) is 0.801. The molecule has 0 bridgehead atoms. The number of hydrogen-bond donors (Lipinski definition) is 1. The summed E-state index contributed by atoms with van der Waals surface area (Å²) in [6.07, 6.45) is 17.5. The molecule has 3 aliphatic rings. The zero-order chi connectivity index (χ0) is 16.1. The summed E-state index contributed by atoms with van der Waals surface area (Å²) < 4.78 is 0. The van der Waals surface area contributed by atoms with E-state index in [9.17, 15) is 4.79 Å². The maximum absolute atomic E-state index is 13.4. The monoisotopic (exact) mass is 320 g/mol. The molecule has 0 unspecified atom stereocenters. The fourth-order valence-corrected chi connectivity index (χ4v) is 5.23. The second-order valence-electron chi connectivity index (χ2n) is 8.28. The Bertz CT molecular complexity index is 346. The van der Waals surface area contributed by atoms with E-state index >= 15 is 0 Å². The van der Waals surface area contributed by atoms with Crippen LogP contribution in [0.5, 0.6) is 0 Å². The summed E-state index contributed by atoms with van der Waals surface area (Å²) in [6, 6.07) is 1.10. The van der Waals surface area contributed by atoms with Crippen LogP contribution in [0, 0.1) is 11.8 Å². The molecule has 1 amide bonds. The highest BCUT2D eigenvalue weighted by Crippen LogP contribution is 2.35. The molecule has 0 aliphatic heterocycles. The third kappa shape index (κ3) is 4.29. The van der Waals surface area contributed by atoms with Crippen LogP contribution >= 0.6 is 0 Å². The molecule has 0 aromatic carbocycles. The van der Waals surface area contributed by atoms with Crippen molar-refractivity contribution in [3.05, 3.63) is 0 Å². The lowest BCUT2D eigenvalue weighted by molar-refractivity contribution is -0.143. The lowest BCUT2D eigenvalue weighted by atomic mass is 9.80. The molecule has 3 saturated carbocycles. The summed E-state index contributed by atoms with van der Waals surface area (Å²) in [5.41, 5.74) is 5.82. The quantitative estimate of drug-likeness (QED) is 0.842. The van der Waals surface area contributed by atoms with Crippen LogP contribution in [0.25, 0.3) is 0 Å². The van der Waals surface area contributed by atoms with Crippen LogP contribution in [-0.4, -0.2) is 29.4 Å². The zero-order valence-electron chi connectivity index (χ0n) is 14.8. The smallest absolute Gasteiger partial charge is 0.226 e. The number of nitrogens with two attached hydrogens (primary N) is 1. The molecule has 3 heteroatoms. The Labute approximate surface area is 142 Å². The van der Waals surface area contributed by atoms with Crippen molar-refractivity contribution in [1.29, 1.82) is 0 Å². The third-order valence-electron chi connectivity index (χ3n) is 6.72. The molecule has 0 aromatic heterocycles. The number of nitrogens with zero attached hydrogens (tertiary/aromatic N) is 1. The first-order valence-corrected chi connectivity index (χ1v) is 10.3. The maximum atomic E-state index is 13.4. The van der Waals surface area contributed by atoms with Gasteiger partial charge >= 0.3 is 0 Å². The predicted octanol–water partition coefficient (Wildman–Crippen LogP) is 4.25. The van der Waals surface area contributed by atoms with Gasteiger partial charge in [0.05, 0.1) is 0 Å². The van der Waals surface area contributed by atoms with Gasteiger partial charge in [-0.25, -0.2) is 0 Å². The van der Waals surface area contributed by atoms with Crippen molar-refractivity contribution in [2.24, 2.45) is 17.6 Å². The number of carbonyl (C=O) groups is 1. The van der Waals surface area contributed by atoms with Crippen molar-refractivity contribution >= 4 is 5.91 Å². The van der Waals surface area contributed by atoms with Gasteiger partial charge in [-0.3, -0.25) is 4.79 Å². The molecule has 3 aliphatic carbocycles. The topological polar surface area (TPSA) is 46.3 Å². The van der Waals surface area contributed by atoms with Gasteiger partial charge < -0.3 is 10.6 Å². The molecule has 0 radical (unpaired) electrons. The van der Waals surface area contributed by atoms with Gasteiger partial charge in [-0.1, -0.05) is 38.5 Å². The minimum absolute atomic E-state index is 0.293. The van der Waals surface area contributed by atoms with Crippen LogP contribution < -0.4 is 5.73 Å². The SMILES string of the molecule is NC[C@H]1CC[C@H](C(=O)N(C2CCCCC2)C2CCCCC2)CC1. The molecular formula is C20H36N2O. The molecule has 0 heterocycles. The number of hydrogen-bond acceptors (Lipinski definition) is 2. The summed E-state index contributed by atoms with van der Waals surface area (Å²) in [7, 11) is 0.